The van der Waals surface area contributed by atoms with E-state index in [4.69, 9.17) is 9.72 Å². The van der Waals surface area contributed by atoms with E-state index >= 15 is 0 Å². The zero-order valence-electron chi connectivity index (χ0n) is 18.3. The van der Waals surface area contributed by atoms with Crippen molar-refractivity contribution in [1.82, 2.24) is 4.98 Å². The number of rotatable bonds is 4. The molecule has 1 aromatic carbocycles. The van der Waals surface area contributed by atoms with Crippen LogP contribution in [0.5, 0.6) is 0 Å². The fourth-order valence-electron chi connectivity index (χ4n) is 4.33. The SMILES string of the molecule is Cc1nc2sc3c(c2c(-c2ccc(C#N)cc2)c1[C@H](OC(C)(C)C)C(=O)O)CCCC3. The maximum Gasteiger partial charge on any atom is 0.337 e. The van der Waals surface area contributed by atoms with Crippen molar-refractivity contribution in [3.8, 4) is 17.2 Å². The van der Waals surface area contributed by atoms with Gasteiger partial charge in [0, 0.05) is 27.1 Å². The van der Waals surface area contributed by atoms with Crippen LogP contribution in [0.1, 0.15) is 67.0 Å². The summed E-state index contributed by atoms with van der Waals surface area (Å²) in [5.74, 6) is -1.03. The van der Waals surface area contributed by atoms with Gasteiger partial charge in [-0.1, -0.05) is 12.1 Å². The van der Waals surface area contributed by atoms with Gasteiger partial charge in [0.25, 0.3) is 0 Å². The minimum Gasteiger partial charge on any atom is -0.479 e. The van der Waals surface area contributed by atoms with Gasteiger partial charge < -0.3 is 9.84 Å². The molecule has 4 rings (SSSR count). The smallest absolute Gasteiger partial charge is 0.337 e. The second kappa shape index (κ2) is 8.07. The molecule has 0 spiro atoms. The molecular weight excluding hydrogens is 408 g/mol. The number of carboxylic acids is 1. The summed E-state index contributed by atoms with van der Waals surface area (Å²) in [5, 5.41) is 20.4. The standard InChI is InChI=1S/C25H26N2O3S/c1-14-19(22(24(28)29)30-25(2,3)4)20(16-11-9-15(13-26)10-12-16)21-17-7-5-6-8-18(17)31-23(21)27-14/h9-12,22H,5-8H2,1-4H3,(H,28,29)/t22-/m0/s1. The minimum absolute atomic E-state index is 0.570. The largest absolute Gasteiger partial charge is 0.479 e. The van der Waals surface area contributed by atoms with Crippen molar-refractivity contribution in [2.45, 2.75) is 65.1 Å². The predicted molar refractivity (Wildman–Crippen MR) is 122 cm³/mol. The summed E-state index contributed by atoms with van der Waals surface area (Å²) < 4.78 is 6.05. The van der Waals surface area contributed by atoms with Crippen molar-refractivity contribution < 1.29 is 14.6 Å². The number of benzene rings is 1. The molecule has 1 aliphatic rings. The number of aryl methyl sites for hydroxylation is 3. The molecule has 2 heterocycles. The Labute approximate surface area is 186 Å². The van der Waals surface area contributed by atoms with Crippen LogP contribution in [0.3, 0.4) is 0 Å². The normalized spacial score (nSPS) is 14.8. The molecule has 1 N–H and O–H groups in total. The summed E-state index contributed by atoms with van der Waals surface area (Å²) in [6.07, 6.45) is 3.17. The first kappa shape index (κ1) is 21.5. The lowest BCUT2D eigenvalue weighted by atomic mass is 9.87. The van der Waals surface area contributed by atoms with E-state index < -0.39 is 17.7 Å². The Hall–Kier alpha value is -2.75. The molecule has 0 bridgehead atoms. The molecule has 0 aliphatic heterocycles. The Morgan fingerprint density at radius 3 is 2.52 bits per heavy atom. The number of hydrogen-bond acceptors (Lipinski definition) is 5. The van der Waals surface area contributed by atoms with Crippen molar-refractivity contribution >= 4 is 27.5 Å². The van der Waals surface area contributed by atoms with Gasteiger partial charge in [0.2, 0.25) is 0 Å². The Balaban J connectivity index is 2.08. The number of fused-ring (bicyclic) bond motifs is 3. The van der Waals surface area contributed by atoms with E-state index in [1.807, 2.05) is 39.8 Å². The number of nitrogens with zero attached hydrogens (tertiary/aromatic N) is 2. The van der Waals surface area contributed by atoms with Crippen LogP contribution in [0.25, 0.3) is 21.3 Å². The monoisotopic (exact) mass is 434 g/mol. The summed E-state index contributed by atoms with van der Waals surface area (Å²) in [6, 6.07) is 9.52. The molecule has 0 fully saturated rings. The summed E-state index contributed by atoms with van der Waals surface area (Å²) in [4.78, 5) is 19.5. The zero-order chi connectivity index (χ0) is 22.3. The quantitative estimate of drug-likeness (QED) is 0.547. The van der Waals surface area contributed by atoms with Crippen molar-refractivity contribution in [2.75, 3.05) is 0 Å². The molecule has 0 radical (unpaired) electrons. The van der Waals surface area contributed by atoms with E-state index in [-0.39, 0.29) is 0 Å². The highest BCUT2D eigenvalue weighted by atomic mass is 32.1. The second-order valence-corrected chi connectivity index (χ2v) is 10.1. The number of carboxylic acid groups (broad SMARTS) is 1. The Morgan fingerprint density at radius 2 is 1.90 bits per heavy atom. The van der Waals surface area contributed by atoms with Gasteiger partial charge in [-0.25, -0.2) is 9.78 Å². The highest BCUT2D eigenvalue weighted by Gasteiger charge is 2.33. The molecule has 0 amide bonds. The van der Waals surface area contributed by atoms with Gasteiger partial charge in [-0.05, 0) is 76.6 Å². The molecule has 5 nitrogen and oxygen atoms in total. The Bertz CT molecular complexity index is 1200. The number of ether oxygens (including phenoxy) is 1. The molecule has 2 aromatic heterocycles. The molecule has 0 saturated carbocycles. The number of aromatic nitrogens is 1. The minimum atomic E-state index is -1.14. The third-order valence-electron chi connectivity index (χ3n) is 5.59. The second-order valence-electron chi connectivity index (χ2n) is 9.01. The lowest BCUT2D eigenvalue weighted by Gasteiger charge is -2.28. The van der Waals surface area contributed by atoms with Gasteiger partial charge >= 0.3 is 5.97 Å². The van der Waals surface area contributed by atoms with Crippen LogP contribution < -0.4 is 0 Å². The van der Waals surface area contributed by atoms with Crippen LogP contribution in [0.15, 0.2) is 24.3 Å². The summed E-state index contributed by atoms with van der Waals surface area (Å²) in [7, 11) is 0. The van der Waals surface area contributed by atoms with Crippen LogP contribution in [0.4, 0.5) is 0 Å². The fourth-order valence-corrected chi connectivity index (χ4v) is 5.65. The van der Waals surface area contributed by atoms with Crippen molar-refractivity contribution in [3.63, 3.8) is 0 Å². The maximum absolute atomic E-state index is 12.4. The van der Waals surface area contributed by atoms with E-state index in [0.29, 0.717) is 16.8 Å². The number of pyridine rings is 1. The van der Waals surface area contributed by atoms with Crippen molar-refractivity contribution in [3.05, 3.63) is 51.5 Å². The zero-order valence-corrected chi connectivity index (χ0v) is 19.1. The Morgan fingerprint density at radius 1 is 1.23 bits per heavy atom. The van der Waals surface area contributed by atoms with Crippen LogP contribution in [0.2, 0.25) is 0 Å². The topological polar surface area (TPSA) is 83.2 Å². The van der Waals surface area contributed by atoms with Crippen molar-refractivity contribution in [2.24, 2.45) is 0 Å². The van der Waals surface area contributed by atoms with E-state index in [1.54, 1.807) is 23.5 Å². The third-order valence-corrected chi connectivity index (χ3v) is 6.78. The number of thiophene rings is 1. The average molecular weight is 435 g/mol. The molecule has 3 aromatic rings. The molecular formula is C25H26N2O3S. The van der Waals surface area contributed by atoms with Gasteiger partial charge in [-0.15, -0.1) is 11.3 Å². The fraction of sp³-hybridized carbons (Fsp3) is 0.400. The van der Waals surface area contributed by atoms with Crippen LogP contribution in [0, 0.1) is 18.3 Å². The molecule has 1 atom stereocenters. The first-order chi connectivity index (χ1) is 14.7. The maximum atomic E-state index is 12.4. The van der Waals surface area contributed by atoms with E-state index in [9.17, 15) is 15.2 Å². The van der Waals surface area contributed by atoms with Gasteiger partial charge in [-0.3, -0.25) is 0 Å². The van der Waals surface area contributed by atoms with Gasteiger partial charge in [0.15, 0.2) is 6.10 Å². The lowest BCUT2D eigenvalue weighted by molar-refractivity contribution is -0.160. The number of nitriles is 1. The van der Waals surface area contributed by atoms with Crippen LogP contribution >= 0.6 is 11.3 Å². The van der Waals surface area contributed by atoms with Gasteiger partial charge in [0.1, 0.15) is 4.83 Å². The summed E-state index contributed by atoms with van der Waals surface area (Å²) >= 11 is 1.72. The first-order valence-electron chi connectivity index (χ1n) is 10.6. The lowest BCUT2D eigenvalue weighted by Crippen LogP contribution is -2.28. The van der Waals surface area contributed by atoms with Gasteiger partial charge in [-0.2, -0.15) is 5.26 Å². The number of aliphatic carboxylic acids is 1. The van der Waals surface area contributed by atoms with Crippen molar-refractivity contribution in [1.29, 1.82) is 5.26 Å². The molecule has 160 valence electrons. The van der Waals surface area contributed by atoms with E-state index in [2.05, 4.69) is 6.07 Å². The summed E-state index contributed by atoms with van der Waals surface area (Å²) in [6.45, 7) is 7.44. The molecule has 31 heavy (non-hydrogen) atoms. The summed E-state index contributed by atoms with van der Waals surface area (Å²) in [5.41, 5.74) is 4.26. The van der Waals surface area contributed by atoms with E-state index in [0.717, 1.165) is 40.6 Å². The highest BCUT2D eigenvalue weighted by Crippen LogP contribution is 2.45. The Kier molecular flexibility index (Phi) is 5.59. The van der Waals surface area contributed by atoms with Crippen LogP contribution in [-0.2, 0) is 22.4 Å². The number of hydrogen-bond donors (Lipinski definition) is 1. The molecule has 0 saturated heterocycles. The molecule has 1 aliphatic carbocycles. The average Bonchev–Trinajstić information content (AvgIpc) is 3.08. The van der Waals surface area contributed by atoms with Gasteiger partial charge in [0.05, 0.1) is 17.2 Å². The number of carbonyl (C=O) groups is 1. The third kappa shape index (κ3) is 4.08. The first-order valence-corrected chi connectivity index (χ1v) is 11.4. The molecule has 0 unspecified atom stereocenters. The highest BCUT2D eigenvalue weighted by molar-refractivity contribution is 7.19. The molecule has 6 heteroatoms. The van der Waals surface area contributed by atoms with Crippen LogP contribution in [-0.4, -0.2) is 21.7 Å². The predicted octanol–water partition coefficient (Wildman–Crippen LogP) is 5.96. The van der Waals surface area contributed by atoms with E-state index in [1.165, 1.54) is 16.9 Å².